The van der Waals surface area contributed by atoms with Gasteiger partial charge in [0.25, 0.3) is 0 Å². The third-order valence-corrected chi connectivity index (χ3v) is 7.46. The molecule has 0 amide bonds. The number of nitrogens with one attached hydrogen (secondary N) is 2. The van der Waals surface area contributed by atoms with Gasteiger partial charge in [0, 0.05) is 33.8 Å². The van der Waals surface area contributed by atoms with Gasteiger partial charge in [-0.05, 0) is 121 Å². The van der Waals surface area contributed by atoms with E-state index in [4.69, 9.17) is 9.47 Å². The molecule has 0 aliphatic carbocycles. The van der Waals surface area contributed by atoms with E-state index >= 15 is 0 Å². The first kappa shape index (κ1) is 37.4. The number of hydrogen-bond acceptors (Lipinski definition) is 5. The van der Waals surface area contributed by atoms with Gasteiger partial charge in [0.05, 0.1) is 19.4 Å². The van der Waals surface area contributed by atoms with Crippen molar-refractivity contribution in [1.29, 1.82) is 0 Å². The standard InChI is InChI=1S/C39H59N3O2/c1-31(42-37(5,6)7)33-20-18-32(19-21-33)17-13-12-15-27-43-30-38(8,9)24-25-39(10,11)41-26-14-16-28-44-34-22-23-35(40-29-34)36(2,3)4/h18-23,29,31,41-42H,14,16,24-28,30H2,1-11H3. The Hall–Kier alpha value is -2.83. The van der Waals surface area contributed by atoms with Crippen molar-refractivity contribution in [2.45, 2.75) is 124 Å². The van der Waals surface area contributed by atoms with E-state index in [2.05, 4.69) is 146 Å². The number of benzene rings is 1. The summed E-state index contributed by atoms with van der Waals surface area (Å²) in [5.41, 5.74) is 3.59. The Balaban J connectivity index is 1.61. The molecule has 2 rings (SSSR count). The first-order valence-electron chi connectivity index (χ1n) is 16.2. The minimum absolute atomic E-state index is 0.0571. The summed E-state index contributed by atoms with van der Waals surface area (Å²) in [5.74, 6) is 12.9. The highest BCUT2D eigenvalue weighted by atomic mass is 16.5. The smallest absolute Gasteiger partial charge is 0.137 e. The monoisotopic (exact) mass is 601 g/mol. The van der Waals surface area contributed by atoms with Crippen LogP contribution < -0.4 is 15.4 Å². The molecule has 0 fully saturated rings. The molecule has 5 heteroatoms. The highest BCUT2D eigenvalue weighted by Crippen LogP contribution is 2.27. The van der Waals surface area contributed by atoms with Crippen molar-refractivity contribution in [3.8, 4) is 29.4 Å². The van der Waals surface area contributed by atoms with Crippen molar-refractivity contribution in [2.75, 3.05) is 26.4 Å². The molecule has 0 bridgehead atoms. The van der Waals surface area contributed by atoms with E-state index in [-0.39, 0.29) is 27.9 Å². The maximum Gasteiger partial charge on any atom is 0.137 e. The summed E-state index contributed by atoms with van der Waals surface area (Å²) in [5, 5.41) is 7.32. The number of ether oxygens (including phenoxy) is 2. The molecule has 1 heterocycles. The molecule has 44 heavy (non-hydrogen) atoms. The molecule has 0 saturated heterocycles. The van der Waals surface area contributed by atoms with Crippen LogP contribution in [0.2, 0.25) is 0 Å². The van der Waals surface area contributed by atoms with Crippen molar-refractivity contribution in [3.63, 3.8) is 0 Å². The second-order valence-corrected chi connectivity index (χ2v) is 15.4. The molecule has 1 aromatic heterocycles. The molecular formula is C39H59N3O2. The topological polar surface area (TPSA) is 55.4 Å². The van der Waals surface area contributed by atoms with Crippen molar-refractivity contribution >= 4 is 0 Å². The summed E-state index contributed by atoms with van der Waals surface area (Å²) in [6.45, 7) is 27.1. The Kier molecular flexibility index (Phi) is 14.5. The van der Waals surface area contributed by atoms with Gasteiger partial charge in [0.2, 0.25) is 0 Å². The van der Waals surface area contributed by atoms with Crippen LogP contribution in [0.3, 0.4) is 0 Å². The Morgan fingerprint density at radius 2 is 1.55 bits per heavy atom. The van der Waals surface area contributed by atoms with Gasteiger partial charge in [-0.3, -0.25) is 4.98 Å². The zero-order chi connectivity index (χ0) is 32.9. The highest BCUT2D eigenvalue weighted by molar-refractivity contribution is 5.41. The van der Waals surface area contributed by atoms with Crippen LogP contribution in [-0.4, -0.2) is 42.4 Å². The molecule has 2 N–H and O–H groups in total. The number of rotatable bonds is 15. The molecule has 2 aromatic rings. The van der Waals surface area contributed by atoms with E-state index in [9.17, 15) is 0 Å². The van der Waals surface area contributed by atoms with Crippen LogP contribution in [-0.2, 0) is 10.2 Å². The fourth-order valence-corrected chi connectivity index (χ4v) is 4.71. The third-order valence-electron chi connectivity index (χ3n) is 7.46. The number of pyridine rings is 1. The average molecular weight is 602 g/mol. The fourth-order valence-electron chi connectivity index (χ4n) is 4.71. The predicted octanol–water partition coefficient (Wildman–Crippen LogP) is 8.23. The molecule has 0 aliphatic heterocycles. The van der Waals surface area contributed by atoms with Gasteiger partial charge in [-0.25, -0.2) is 0 Å². The van der Waals surface area contributed by atoms with Crippen LogP contribution in [0.5, 0.6) is 5.75 Å². The molecule has 1 aromatic carbocycles. The molecule has 0 saturated carbocycles. The van der Waals surface area contributed by atoms with Gasteiger partial charge in [-0.2, -0.15) is 0 Å². The van der Waals surface area contributed by atoms with Gasteiger partial charge >= 0.3 is 0 Å². The lowest BCUT2D eigenvalue weighted by molar-refractivity contribution is 0.0722. The summed E-state index contributed by atoms with van der Waals surface area (Å²) < 4.78 is 11.8. The lowest BCUT2D eigenvalue weighted by Crippen LogP contribution is -2.41. The van der Waals surface area contributed by atoms with Crippen LogP contribution in [0.4, 0.5) is 0 Å². The second-order valence-electron chi connectivity index (χ2n) is 15.4. The number of nitrogens with zero attached hydrogens (tertiary/aromatic N) is 1. The Morgan fingerprint density at radius 3 is 2.16 bits per heavy atom. The highest BCUT2D eigenvalue weighted by Gasteiger charge is 2.24. The van der Waals surface area contributed by atoms with Crippen LogP contribution in [0.25, 0.3) is 0 Å². The minimum atomic E-state index is 0.0571. The molecule has 1 unspecified atom stereocenters. The summed E-state index contributed by atoms with van der Waals surface area (Å²) in [4.78, 5) is 4.54. The van der Waals surface area contributed by atoms with Crippen molar-refractivity contribution in [2.24, 2.45) is 5.41 Å². The van der Waals surface area contributed by atoms with Crippen LogP contribution in [0.1, 0.15) is 125 Å². The Bertz CT molecular complexity index is 1240. The molecule has 0 spiro atoms. The maximum absolute atomic E-state index is 5.90. The minimum Gasteiger partial charge on any atom is -0.492 e. The van der Waals surface area contributed by atoms with Crippen molar-refractivity contribution < 1.29 is 9.47 Å². The molecule has 5 nitrogen and oxygen atoms in total. The summed E-state index contributed by atoms with van der Waals surface area (Å²) >= 11 is 0. The Morgan fingerprint density at radius 1 is 0.841 bits per heavy atom. The van der Waals surface area contributed by atoms with Gasteiger partial charge in [0.15, 0.2) is 0 Å². The van der Waals surface area contributed by atoms with E-state index in [1.165, 1.54) is 5.56 Å². The van der Waals surface area contributed by atoms with Crippen molar-refractivity contribution in [3.05, 3.63) is 59.4 Å². The van der Waals surface area contributed by atoms with Gasteiger partial charge in [-0.15, -0.1) is 0 Å². The lowest BCUT2D eigenvalue weighted by Gasteiger charge is -2.32. The average Bonchev–Trinajstić information content (AvgIpc) is 2.92. The van der Waals surface area contributed by atoms with E-state index < -0.39 is 0 Å². The van der Waals surface area contributed by atoms with Gasteiger partial charge in [-0.1, -0.05) is 58.6 Å². The van der Waals surface area contributed by atoms with Crippen LogP contribution in [0, 0.1) is 29.1 Å². The number of hydrogen-bond donors (Lipinski definition) is 2. The first-order valence-corrected chi connectivity index (χ1v) is 16.2. The van der Waals surface area contributed by atoms with E-state index in [0.29, 0.717) is 19.8 Å². The number of unbranched alkanes of at least 4 members (excludes halogenated alkanes) is 1. The Labute approximate surface area is 269 Å². The maximum atomic E-state index is 5.90. The van der Waals surface area contributed by atoms with E-state index in [0.717, 1.165) is 49.2 Å². The summed E-state index contributed by atoms with van der Waals surface area (Å²) in [6.07, 6.45) is 6.07. The van der Waals surface area contributed by atoms with Crippen LogP contribution >= 0.6 is 0 Å². The lowest BCUT2D eigenvalue weighted by atomic mass is 9.83. The quantitative estimate of drug-likeness (QED) is 0.159. The summed E-state index contributed by atoms with van der Waals surface area (Å²) in [7, 11) is 0. The predicted molar refractivity (Wildman–Crippen MR) is 186 cm³/mol. The number of aromatic nitrogens is 1. The van der Waals surface area contributed by atoms with Gasteiger partial charge < -0.3 is 20.1 Å². The molecular weight excluding hydrogens is 542 g/mol. The summed E-state index contributed by atoms with van der Waals surface area (Å²) in [6, 6.07) is 12.7. The van der Waals surface area contributed by atoms with Crippen LogP contribution in [0.15, 0.2) is 42.6 Å². The first-order chi connectivity index (χ1) is 20.5. The zero-order valence-electron chi connectivity index (χ0n) is 29.5. The normalized spacial score (nSPS) is 13.0. The third kappa shape index (κ3) is 15.8. The molecule has 242 valence electrons. The molecule has 0 aliphatic rings. The molecule has 1 atom stereocenters. The second kappa shape index (κ2) is 17.0. The fraction of sp³-hybridized carbons (Fsp3) is 0.615. The zero-order valence-corrected chi connectivity index (χ0v) is 29.5. The van der Waals surface area contributed by atoms with Crippen molar-refractivity contribution in [1.82, 2.24) is 15.6 Å². The van der Waals surface area contributed by atoms with E-state index in [1.807, 2.05) is 12.3 Å². The SMILES string of the molecule is CC(NC(C)(C)C)c1ccc(C#CC#CCOCC(C)(C)CCC(C)(C)NCCCCOc2ccc(C(C)(C)C)nc2)cc1. The van der Waals surface area contributed by atoms with E-state index in [1.54, 1.807) is 0 Å². The largest absolute Gasteiger partial charge is 0.492 e. The molecule has 0 radical (unpaired) electrons. The van der Waals surface area contributed by atoms with Gasteiger partial charge in [0.1, 0.15) is 12.4 Å².